The molecule has 1 N–H and O–H groups in total. The minimum absolute atomic E-state index is 0.101. The Balaban J connectivity index is 2.31. The Morgan fingerprint density at radius 3 is 2.71 bits per heavy atom. The Bertz CT molecular complexity index is 340. The molecule has 96 valence electrons. The monoisotopic (exact) mass is 255 g/mol. The van der Waals surface area contributed by atoms with Gasteiger partial charge >= 0.3 is 6.09 Å². The summed E-state index contributed by atoms with van der Waals surface area (Å²) < 4.78 is 5.11. The molecule has 1 rings (SSSR count). The zero-order valence-corrected chi connectivity index (χ0v) is 12.0. The van der Waals surface area contributed by atoms with Crippen molar-refractivity contribution >= 4 is 14.2 Å². The van der Waals surface area contributed by atoms with Gasteiger partial charge in [0, 0.05) is 7.05 Å². The van der Waals surface area contributed by atoms with E-state index in [9.17, 15) is 9.90 Å². The van der Waals surface area contributed by atoms with Crippen molar-refractivity contribution in [3.05, 3.63) is 0 Å². The molecule has 2 atom stereocenters. The number of ether oxygens (including phenoxy) is 1. The predicted octanol–water partition coefficient (Wildman–Crippen LogP) is 1.46. The molecule has 0 spiro atoms. The Labute approximate surface area is 104 Å². The standard InChI is InChI=1S/C12H21NO3Si/c1-13-9-11(16-12(13)15)6-5-10(14)7-8-17(2,3)4/h10-11,14H,5-6,9H2,1-4H3. The molecule has 2 unspecified atom stereocenters. The predicted molar refractivity (Wildman–Crippen MR) is 69.3 cm³/mol. The topological polar surface area (TPSA) is 49.8 Å². The zero-order valence-electron chi connectivity index (χ0n) is 11.0. The smallest absolute Gasteiger partial charge is 0.409 e. The second-order valence-corrected chi connectivity index (χ2v) is 10.2. The van der Waals surface area contributed by atoms with E-state index in [4.69, 9.17) is 4.74 Å². The normalized spacial score (nSPS) is 21.8. The number of hydrogen-bond donors (Lipinski definition) is 1. The zero-order chi connectivity index (χ0) is 13.1. The van der Waals surface area contributed by atoms with Crippen molar-refractivity contribution in [2.24, 2.45) is 0 Å². The van der Waals surface area contributed by atoms with Gasteiger partial charge in [-0.15, -0.1) is 5.54 Å². The van der Waals surface area contributed by atoms with Crippen LogP contribution in [0, 0.1) is 11.5 Å². The third-order valence-corrected chi connectivity index (χ3v) is 3.33. The first-order valence-electron chi connectivity index (χ1n) is 5.90. The molecule has 0 aromatic rings. The summed E-state index contributed by atoms with van der Waals surface area (Å²) in [5.41, 5.74) is 3.14. The maximum atomic E-state index is 11.1. The lowest BCUT2D eigenvalue weighted by Gasteiger charge is -2.10. The molecule has 1 fully saturated rings. The summed E-state index contributed by atoms with van der Waals surface area (Å²) in [6.45, 7) is 7.02. The molecule has 5 heteroatoms. The van der Waals surface area contributed by atoms with Crippen molar-refractivity contribution < 1.29 is 14.6 Å². The van der Waals surface area contributed by atoms with Gasteiger partial charge in [0.1, 0.15) is 20.3 Å². The molecule has 1 aliphatic rings. The molecule has 1 heterocycles. The maximum absolute atomic E-state index is 11.1. The number of hydrogen-bond acceptors (Lipinski definition) is 3. The van der Waals surface area contributed by atoms with E-state index < -0.39 is 14.2 Å². The average molecular weight is 255 g/mol. The molecular formula is C12H21NO3Si. The van der Waals surface area contributed by atoms with Crippen LogP contribution in [0.25, 0.3) is 0 Å². The highest BCUT2D eigenvalue weighted by atomic mass is 28.3. The molecule has 0 aromatic carbocycles. The summed E-state index contributed by atoms with van der Waals surface area (Å²) in [6.07, 6.45) is 0.237. The number of amides is 1. The summed E-state index contributed by atoms with van der Waals surface area (Å²) >= 11 is 0. The van der Waals surface area contributed by atoms with Gasteiger partial charge in [-0.05, 0) is 12.8 Å². The lowest BCUT2D eigenvalue weighted by molar-refractivity contribution is 0.120. The Hall–Kier alpha value is -0.993. The highest BCUT2D eigenvalue weighted by Gasteiger charge is 2.28. The summed E-state index contributed by atoms with van der Waals surface area (Å²) in [5.74, 6) is 2.88. The fraction of sp³-hybridized carbons (Fsp3) is 0.750. The van der Waals surface area contributed by atoms with E-state index in [2.05, 4.69) is 31.1 Å². The van der Waals surface area contributed by atoms with Crippen LogP contribution in [0.4, 0.5) is 4.79 Å². The largest absolute Gasteiger partial charge is 0.444 e. The number of likely N-dealkylation sites (N-methyl/N-ethyl adjacent to an activating group) is 1. The van der Waals surface area contributed by atoms with E-state index in [1.54, 1.807) is 11.9 Å². The highest BCUT2D eigenvalue weighted by molar-refractivity contribution is 6.83. The second kappa shape index (κ2) is 5.56. The van der Waals surface area contributed by atoms with Crippen LogP contribution >= 0.6 is 0 Å². The van der Waals surface area contributed by atoms with Crippen molar-refractivity contribution in [3.63, 3.8) is 0 Å². The van der Waals surface area contributed by atoms with Gasteiger partial charge in [-0.2, -0.15) is 0 Å². The van der Waals surface area contributed by atoms with E-state index in [1.165, 1.54) is 0 Å². The molecule has 4 nitrogen and oxygen atoms in total. The quantitative estimate of drug-likeness (QED) is 0.613. The molecule has 1 saturated heterocycles. The highest BCUT2D eigenvalue weighted by Crippen LogP contribution is 2.14. The van der Waals surface area contributed by atoms with E-state index in [0.29, 0.717) is 19.4 Å². The van der Waals surface area contributed by atoms with Gasteiger partial charge in [-0.1, -0.05) is 25.6 Å². The molecule has 0 saturated carbocycles. The Morgan fingerprint density at radius 2 is 2.24 bits per heavy atom. The van der Waals surface area contributed by atoms with Crippen molar-refractivity contribution in [1.29, 1.82) is 0 Å². The number of rotatable bonds is 3. The minimum Gasteiger partial charge on any atom is -0.444 e. The first-order chi connectivity index (χ1) is 7.78. The van der Waals surface area contributed by atoms with Crippen molar-refractivity contribution in [3.8, 4) is 11.5 Å². The van der Waals surface area contributed by atoms with Crippen molar-refractivity contribution in [1.82, 2.24) is 4.90 Å². The van der Waals surface area contributed by atoms with Gasteiger partial charge < -0.3 is 14.7 Å². The van der Waals surface area contributed by atoms with Gasteiger partial charge in [-0.25, -0.2) is 4.79 Å². The van der Waals surface area contributed by atoms with E-state index >= 15 is 0 Å². The van der Waals surface area contributed by atoms with Crippen LogP contribution in [-0.4, -0.2) is 50.0 Å². The molecular weight excluding hydrogens is 234 g/mol. The average Bonchev–Trinajstić information content (AvgIpc) is 2.51. The summed E-state index contributed by atoms with van der Waals surface area (Å²) in [7, 11) is 0.295. The van der Waals surface area contributed by atoms with Crippen molar-refractivity contribution in [2.75, 3.05) is 13.6 Å². The van der Waals surface area contributed by atoms with E-state index in [0.717, 1.165) is 0 Å². The first kappa shape index (κ1) is 14.1. The van der Waals surface area contributed by atoms with Gasteiger partial charge in [-0.3, -0.25) is 0 Å². The van der Waals surface area contributed by atoms with Gasteiger partial charge in [0.05, 0.1) is 6.54 Å². The Morgan fingerprint density at radius 1 is 1.59 bits per heavy atom. The number of aliphatic hydroxyl groups excluding tert-OH is 1. The van der Waals surface area contributed by atoms with Gasteiger partial charge in [0.2, 0.25) is 0 Å². The molecule has 0 bridgehead atoms. The van der Waals surface area contributed by atoms with Crippen LogP contribution in [0.3, 0.4) is 0 Å². The summed E-state index contributed by atoms with van der Waals surface area (Å²) in [6, 6.07) is 0. The second-order valence-electron chi connectivity index (χ2n) is 5.50. The van der Waals surface area contributed by atoms with Crippen molar-refractivity contribution in [2.45, 2.75) is 44.7 Å². The number of aliphatic hydroxyl groups is 1. The fourth-order valence-electron chi connectivity index (χ4n) is 1.52. The summed E-state index contributed by atoms with van der Waals surface area (Å²) in [4.78, 5) is 12.7. The van der Waals surface area contributed by atoms with Crippen LogP contribution in [0.5, 0.6) is 0 Å². The third-order valence-electron chi connectivity index (χ3n) is 2.43. The summed E-state index contributed by atoms with van der Waals surface area (Å²) in [5, 5.41) is 9.70. The lowest BCUT2D eigenvalue weighted by atomic mass is 10.1. The first-order valence-corrected chi connectivity index (χ1v) is 9.40. The molecule has 0 aromatic heterocycles. The molecule has 0 aliphatic carbocycles. The van der Waals surface area contributed by atoms with Crippen LogP contribution < -0.4 is 0 Å². The number of nitrogens with zero attached hydrogens (tertiary/aromatic N) is 1. The molecule has 17 heavy (non-hydrogen) atoms. The fourth-order valence-corrected chi connectivity index (χ4v) is 2.12. The van der Waals surface area contributed by atoms with Gasteiger partial charge in [0.15, 0.2) is 0 Å². The van der Waals surface area contributed by atoms with Crippen LogP contribution in [-0.2, 0) is 4.74 Å². The van der Waals surface area contributed by atoms with E-state index in [1.807, 2.05) is 0 Å². The molecule has 1 amide bonds. The minimum atomic E-state index is -1.42. The number of cyclic esters (lactones) is 1. The van der Waals surface area contributed by atoms with Crippen LogP contribution in [0.2, 0.25) is 19.6 Å². The molecule has 1 aliphatic heterocycles. The third kappa shape index (κ3) is 5.24. The lowest BCUT2D eigenvalue weighted by Crippen LogP contribution is -2.20. The number of carbonyl (C=O) groups is 1. The van der Waals surface area contributed by atoms with E-state index in [-0.39, 0.29) is 12.2 Å². The van der Waals surface area contributed by atoms with Crippen LogP contribution in [0.15, 0.2) is 0 Å². The Kier molecular flexibility index (Phi) is 4.60. The van der Waals surface area contributed by atoms with Crippen LogP contribution in [0.1, 0.15) is 12.8 Å². The SMILES string of the molecule is CN1CC(CCC(O)C#C[Si](C)(C)C)OC1=O. The van der Waals surface area contributed by atoms with Gasteiger partial charge in [0.25, 0.3) is 0 Å². The number of carbonyl (C=O) groups excluding carboxylic acids is 1. The maximum Gasteiger partial charge on any atom is 0.409 e. The molecule has 0 radical (unpaired) electrons.